The second-order valence-electron chi connectivity index (χ2n) is 4.58. The molecule has 19 heavy (non-hydrogen) atoms. The molecule has 2 N–H and O–H groups in total. The van der Waals surface area contributed by atoms with Gasteiger partial charge >= 0.3 is 5.97 Å². The van der Waals surface area contributed by atoms with Crippen molar-refractivity contribution in [3.8, 4) is 0 Å². The first-order valence-electron chi connectivity index (χ1n) is 5.82. The van der Waals surface area contributed by atoms with Crippen LogP contribution in [0.3, 0.4) is 0 Å². The highest BCUT2D eigenvalue weighted by Gasteiger charge is 2.43. The van der Waals surface area contributed by atoms with Crippen molar-refractivity contribution in [2.75, 3.05) is 6.54 Å². The van der Waals surface area contributed by atoms with Crippen LogP contribution in [0.15, 0.2) is 29.2 Å². The molecule has 1 aliphatic heterocycles. The van der Waals surface area contributed by atoms with E-state index in [-0.39, 0.29) is 17.9 Å². The first-order valence-corrected chi connectivity index (χ1v) is 7.26. The van der Waals surface area contributed by atoms with Gasteiger partial charge < -0.3 is 10.2 Å². The van der Waals surface area contributed by atoms with E-state index in [0.717, 1.165) is 4.31 Å². The SMILES string of the molecule is Cc1ccccc1S(=O)(=O)N1C[C@@H](O)C[C@H]1C(=O)O. The lowest BCUT2D eigenvalue weighted by molar-refractivity contribution is -0.140. The summed E-state index contributed by atoms with van der Waals surface area (Å²) in [6.07, 6.45) is -1.03. The fourth-order valence-corrected chi connectivity index (χ4v) is 4.10. The number of benzene rings is 1. The van der Waals surface area contributed by atoms with E-state index < -0.39 is 28.1 Å². The minimum absolute atomic E-state index is 0.0790. The summed E-state index contributed by atoms with van der Waals surface area (Å²) in [5.74, 6) is -1.24. The van der Waals surface area contributed by atoms with Crippen LogP contribution in [0, 0.1) is 6.92 Å². The van der Waals surface area contributed by atoms with Crippen LogP contribution in [-0.2, 0) is 14.8 Å². The van der Waals surface area contributed by atoms with Gasteiger partial charge in [0, 0.05) is 13.0 Å². The number of hydrogen-bond acceptors (Lipinski definition) is 4. The third kappa shape index (κ3) is 2.49. The van der Waals surface area contributed by atoms with Gasteiger partial charge in [0.05, 0.1) is 11.0 Å². The van der Waals surface area contributed by atoms with Crippen LogP contribution in [0.2, 0.25) is 0 Å². The maximum atomic E-state index is 12.5. The minimum Gasteiger partial charge on any atom is -0.480 e. The zero-order valence-corrected chi connectivity index (χ0v) is 11.2. The Kier molecular flexibility index (Phi) is 3.62. The standard InChI is InChI=1S/C12H15NO5S/c1-8-4-2-3-5-11(8)19(17,18)13-7-9(14)6-10(13)12(15)16/h2-5,9-10,14H,6-7H2,1H3,(H,15,16)/t9-,10-/m0/s1. The summed E-state index contributed by atoms with van der Waals surface area (Å²) in [6.45, 7) is 1.46. The Balaban J connectivity index is 2.45. The predicted octanol–water partition coefficient (Wildman–Crippen LogP) is 0.204. The van der Waals surface area contributed by atoms with Crippen molar-refractivity contribution in [2.45, 2.75) is 30.4 Å². The third-order valence-corrected chi connectivity index (χ3v) is 5.23. The molecule has 0 aromatic heterocycles. The van der Waals surface area contributed by atoms with Crippen molar-refractivity contribution in [1.82, 2.24) is 4.31 Å². The zero-order chi connectivity index (χ0) is 14.2. The summed E-state index contributed by atoms with van der Waals surface area (Å²) in [5, 5.41) is 18.6. The smallest absolute Gasteiger partial charge is 0.322 e. The number of aryl methyl sites for hydroxylation is 1. The van der Waals surface area contributed by atoms with E-state index in [1.165, 1.54) is 6.07 Å². The molecule has 1 fully saturated rings. The lowest BCUT2D eigenvalue weighted by Crippen LogP contribution is -2.40. The molecule has 1 aromatic rings. The number of carboxylic acids is 1. The van der Waals surface area contributed by atoms with E-state index in [4.69, 9.17) is 5.11 Å². The molecule has 0 unspecified atom stereocenters. The molecule has 0 bridgehead atoms. The molecular formula is C12H15NO5S. The molecule has 104 valence electrons. The van der Waals surface area contributed by atoms with Crippen LogP contribution in [0.4, 0.5) is 0 Å². The number of nitrogens with zero attached hydrogens (tertiary/aromatic N) is 1. The Morgan fingerprint density at radius 3 is 2.58 bits per heavy atom. The van der Waals surface area contributed by atoms with Gasteiger partial charge in [0.2, 0.25) is 10.0 Å². The van der Waals surface area contributed by atoms with Crippen molar-refractivity contribution in [3.63, 3.8) is 0 Å². The number of carboxylic acid groups (broad SMARTS) is 1. The van der Waals surface area contributed by atoms with Gasteiger partial charge in [-0.2, -0.15) is 4.31 Å². The second-order valence-corrected chi connectivity index (χ2v) is 6.44. The van der Waals surface area contributed by atoms with Crippen LogP contribution in [0.5, 0.6) is 0 Å². The number of hydrogen-bond donors (Lipinski definition) is 2. The summed E-state index contributed by atoms with van der Waals surface area (Å²) in [7, 11) is -3.90. The number of aliphatic hydroxyl groups is 1. The number of aliphatic carboxylic acids is 1. The van der Waals surface area contributed by atoms with Crippen LogP contribution in [-0.4, -0.2) is 47.6 Å². The van der Waals surface area contributed by atoms with Crippen molar-refractivity contribution in [3.05, 3.63) is 29.8 Å². The van der Waals surface area contributed by atoms with Gasteiger partial charge in [0.1, 0.15) is 6.04 Å². The van der Waals surface area contributed by atoms with Crippen LogP contribution >= 0.6 is 0 Å². The fraction of sp³-hybridized carbons (Fsp3) is 0.417. The summed E-state index contributed by atoms with van der Waals surface area (Å²) in [4.78, 5) is 11.2. The first-order chi connectivity index (χ1) is 8.84. The Hall–Kier alpha value is -1.44. The van der Waals surface area contributed by atoms with Crippen LogP contribution in [0.1, 0.15) is 12.0 Å². The average molecular weight is 285 g/mol. The first kappa shape index (κ1) is 14.0. The van der Waals surface area contributed by atoms with Crippen molar-refractivity contribution < 1.29 is 23.4 Å². The van der Waals surface area contributed by atoms with Crippen LogP contribution in [0.25, 0.3) is 0 Å². The lowest BCUT2D eigenvalue weighted by atomic mass is 10.2. The van der Waals surface area contributed by atoms with Gasteiger partial charge in [-0.1, -0.05) is 18.2 Å². The molecule has 0 amide bonds. The molecule has 2 atom stereocenters. The second kappa shape index (κ2) is 4.92. The highest BCUT2D eigenvalue weighted by Crippen LogP contribution is 2.28. The van der Waals surface area contributed by atoms with E-state index in [1.807, 2.05) is 0 Å². The molecule has 1 aliphatic rings. The minimum atomic E-state index is -3.90. The molecule has 1 heterocycles. The molecule has 7 heteroatoms. The predicted molar refractivity (Wildman–Crippen MR) is 67.1 cm³/mol. The normalized spacial score (nSPS) is 24.5. The van der Waals surface area contributed by atoms with E-state index in [9.17, 15) is 18.3 Å². The van der Waals surface area contributed by atoms with E-state index in [2.05, 4.69) is 0 Å². The number of sulfonamides is 1. The van der Waals surface area contributed by atoms with E-state index in [1.54, 1.807) is 25.1 Å². The quantitative estimate of drug-likeness (QED) is 0.827. The molecule has 0 spiro atoms. The highest BCUT2D eigenvalue weighted by molar-refractivity contribution is 7.89. The van der Waals surface area contributed by atoms with Crippen molar-refractivity contribution in [2.24, 2.45) is 0 Å². The third-order valence-electron chi connectivity index (χ3n) is 3.20. The summed E-state index contributed by atoms with van der Waals surface area (Å²) >= 11 is 0. The Labute approximate surface area is 111 Å². The van der Waals surface area contributed by atoms with Crippen LogP contribution < -0.4 is 0 Å². The van der Waals surface area contributed by atoms with Crippen molar-refractivity contribution in [1.29, 1.82) is 0 Å². The molecule has 1 saturated heterocycles. The number of carbonyl (C=O) groups is 1. The van der Waals surface area contributed by atoms with Gasteiger partial charge in [-0.15, -0.1) is 0 Å². The van der Waals surface area contributed by atoms with Gasteiger partial charge in [-0.05, 0) is 18.6 Å². The topological polar surface area (TPSA) is 94.9 Å². The van der Waals surface area contributed by atoms with Crippen molar-refractivity contribution >= 4 is 16.0 Å². The lowest BCUT2D eigenvalue weighted by Gasteiger charge is -2.21. The fourth-order valence-electron chi connectivity index (χ4n) is 2.25. The molecule has 1 aromatic carbocycles. The maximum absolute atomic E-state index is 12.5. The Morgan fingerprint density at radius 1 is 1.37 bits per heavy atom. The summed E-state index contributed by atoms with van der Waals surface area (Å²) in [6, 6.07) is 5.17. The molecule has 0 aliphatic carbocycles. The van der Waals surface area contributed by atoms with Gasteiger partial charge in [0.25, 0.3) is 0 Å². The molecule has 0 saturated carbocycles. The number of rotatable bonds is 3. The molecule has 0 radical (unpaired) electrons. The Bertz CT molecular complexity index is 598. The van der Waals surface area contributed by atoms with E-state index >= 15 is 0 Å². The van der Waals surface area contributed by atoms with Gasteiger partial charge in [0.15, 0.2) is 0 Å². The highest BCUT2D eigenvalue weighted by atomic mass is 32.2. The molecule has 6 nitrogen and oxygen atoms in total. The summed E-state index contributed by atoms with van der Waals surface area (Å²) in [5.41, 5.74) is 0.549. The largest absolute Gasteiger partial charge is 0.480 e. The summed E-state index contributed by atoms with van der Waals surface area (Å²) < 4.78 is 25.8. The van der Waals surface area contributed by atoms with Gasteiger partial charge in [-0.3, -0.25) is 4.79 Å². The number of β-amino-alcohol motifs (C(OH)–C–C–N with tert-alkyl or cyclic N) is 1. The number of aliphatic hydroxyl groups excluding tert-OH is 1. The Morgan fingerprint density at radius 2 is 2.00 bits per heavy atom. The average Bonchev–Trinajstić information content (AvgIpc) is 2.72. The zero-order valence-electron chi connectivity index (χ0n) is 10.4. The molecular weight excluding hydrogens is 270 g/mol. The van der Waals surface area contributed by atoms with E-state index in [0.29, 0.717) is 5.56 Å². The molecule has 2 rings (SSSR count). The van der Waals surface area contributed by atoms with Gasteiger partial charge in [-0.25, -0.2) is 8.42 Å². The monoisotopic (exact) mass is 285 g/mol. The maximum Gasteiger partial charge on any atom is 0.322 e.